The third-order valence-electron chi connectivity index (χ3n) is 5.03. The summed E-state index contributed by atoms with van der Waals surface area (Å²) in [6.45, 7) is 2.87. The number of hydrogen-bond acceptors (Lipinski definition) is 7. The van der Waals surface area contributed by atoms with Crippen LogP contribution in [-0.2, 0) is 22.7 Å². The maximum atomic E-state index is 12.1. The van der Waals surface area contributed by atoms with Gasteiger partial charge < -0.3 is 24.3 Å². The highest BCUT2D eigenvalue weighted by molar-refractivity contribution is 6.35. The molecule has 3 aromatic carbocycles. The average Bonchev–Trinajstić information content (AvgIpc) is 3.35. The van der Waals surface area contributed by atoms with Gasteiger partial charge >= 0.3 is 11.8 Å². The molecule has 0 aliphatic carbocycles. The molecule has 10 heteroatoms. The van der Waals surface area contributed by atoms with Crippen molar-refractivity contribution in [3.8, 4) is 23.0 Å². The number of fused-ring (bicyclic) bond motifs is 1. The molecule has 4 rings (SSSR count). The second-order valence-electron chi connectivity index (χ2n) is 7.61. The summed E-state index contributed by atoms with van der Waals surface area (Å²) in [7, 11) is 0. The Hall–Kier alpha value is -4.24. The number of halogens is 1. The summed E-state index contributed by atoms with van der Waals surface area (Å²) in [6, 6.07) is 18.2. The first-order valence-electron chi connectivity index (χ1n) is 11.2. The van der Waals surface area contributed by atoms with Crippen LogP contribution in [-0.4, -0.2) is 31.4 Å². The van der Waals surface area contributed by atoms with Crippen molar-refractivity contribution < 1.29 is 28.5 Å². The van der Waals surface area contributed by atoms with Crippen LogP contribution in [0.3, 0.4) is 0 Å². The minimum Gasteiger partial charge on any atom is -0.490 e. The van der Waals surface area contributed by atoms with Crippen molar-refractivity contribution in [2.45, 2.75) is 20.1 Å². The predicted octanol–water partition coefficient (Wildman–Crippen LogP) is 3.81. The quantitative estimate of drug-likeness (QED) is 0.258. The van der Waals surface area contributed by atoms with Crippen LogP contribution >= 0.6 is 11.6 Å². The Morgan fingerprint density at radius 1 is 1.00 bits per heavy atom. The third kappa shape index (κ3) is 6.45. The molecule has 0 bridgehead atoms. The lowest BCUT2D eigenvalue weighted by molar-refractivity contribution is -0.139. The molecule has 0 radical (unpaired) electrons. The number of carbonyl (C=O) groups is 2. The van der Waals surface area contributed by atoms with Gasteiger partial charge in [-0.2, -0.15) is 5.10 Å². The largest absolute Gasteiger partial charge is 0.490 e. The lowest BCUT2D eigenvalue weighted by Crippen LogP contribution is -2.37. The Morgan fingerprint density at radius 3 is 2.61 bits per heavy atom. The maximum Gasteiger partial charge on any atom is 0.329 e. The highest BCUT2D eigenvalue weighted by atomic mass is 35.5. The second kappa shape index (κ2) is 11.9. The van der Waals surface area contributed by atoms with Gasteiger partial charge in [-0.3, -0.25) is 9.59 Å². The van der Waals surface area contributed by atoms with Crippen LogP contribution in [0.4, 0.5) is 0 Å². The zero-order chi connectivity index (χ0) is 25.3. The zero-order valence-corrected chi connectivity index (χ0v) is 20.2. The van der Waals surface area contributed by atoms with Crippen molar-refractivity contribution in [2.75, 3.05) is 13.4 Å². The van der Waals surface area contributed by atoms with Crippen molar-refractivity contribution in [3.63, 3.8) is 0 Å². The molecular formula is C26H24ClN3O6. The summed E-state index contributed by atoms with van der Waals surface area (Å²) in [4.78, 5) is 24.2. The number of hydrogen-bond donors (Lipinski definition) is 2. The summed E-state index contributed by atoms with van der Waals surface area (Å²) < 4.78 is 22.1. The fourth-order valence-corrected chi connectivity index (χ4v) is 3.60. The molecule has 0 spiro atoms. The Morgan fingerprint density at radius 2 is 1.81 bits per heavy atom. The molecule has 36 heavy (non-hydrogen) atoms. The number of rotatable bonds is 9. The number of nitrogens with zero attached hydrogens (tertiary/aromatic N) is 1. The number of hydrazone groups is 1. The summed E-state index contributed by atoms with van der Waals surface area (Å²) in [6.07, 6.45) is 1.36. The van der Waals surface area contributed by atoms with Gasteiger partial charge in [0.2, 0.25) is 6.79 Å². The van der Waals surface area contributed by atoms with E-state index in [0.29, 0.717) is 46.8 Å². The highest BCUT2D eigenvalue weighted by Crippen LogP contribution is 2.37. The predicted molar refractivity (Wildman–Crippen MR) is 134 cm³/mol. The Labute approximate surface area is 213 Å². The van der Waals surface area contributed by atoms with E-state index in [0.717, 1.165) is 11.1 Å². The van der Waals surface area contributed by atoms with Crippen molar-refractivity contribution in [1.29, 1.82) is 0 Å². The third-order valence-corrected chi connectivity index (χ3v) is 5.31. The van der Waals surface area contributed by atoms with Gasteiger partial charge in [-0.05, 0) is 47.9 Å². The first kappa shape index (κ1) is 24.9. The molecule has 0 fully saturated rings. The summed E-state index contributed by atoms with van der Waals surface area (Å²) in [5, 5.41) is 6.71. The molecule has 2 amide bonds. The van der Waals surface area contributed by atoms with Crippen LogP contribution in [0, 0.1) is 0 Å². The van der Waals surface area contributed by atoms with Crippen LogP contribution in [0.15, 0.2) is 65.8 Å². The first-order valence-corrected chi connectivity index (χ1v) is 11.5. The molecule has 1 aliphatic heterocycles. The van der Waals surface area contributed by atoms with E-state index in [9.17, 15) is 9.59 Å². The Bertz CT molecular complexity index is 1270. The smallest absolute Gasteiger partial charge is 0.329 e. The highest BCUT2D eigenvalue weighted by Gasteiger charge is 2.16. The first-order chi connectivity index (χ1) is 17.5. The molecule has 0 atom stereocenters. The fourth-order valence-electron chi connectivity index (χ4n) is 3.32. The summed E-state index contributed by atoms with van der Waals surface area (Å²) in [5.41, 5.74) is 4.50. The van der Waals surface area contributed by atoms with Crippen LogP contribution in [0.1, 0.15) is 23.6 Å². The van der Waals surface area contributed by atoms with Gasteiger partial charge in [0.1, 0.15) is 6.61 Å². The van der Waals surface area contributed by atoms with E-state index in [1.54, 1.807) is 30.3 Å². The molecule has 0 unspecified atom stereocenters. The van der Waals surface area contributed by atoms with Crippen LogP contribution in [0.25, 0.3) is 0 Å². The minimum atomic E-state index is -0.911. The van der Waals surface area contributed by atoms with Crippen LogP contribution < -0.4 is 29.7 Å². The van der Waals surface area contributed by atoms with Crippen molar-refractivity contribution in [1.82, 2.24) is 10.7 Å². The molecule has 0 aromatic heterocycles. The number of benzene rings is 3. The van der Waals surface area contributed by atoms with Gasteiger partial charge in [-0.25, -0.2) is 5.43 Å². The standard InChI is InChI=1S/C26H24ClN3O6/c1-2-33-23-12-19(10-20(27)24(23)34-15-17-6-4-3-5-7-17)14-29-30-26(32)25(31)28-13-18-8-9-21-22(11-18)36-16-35-21/h3-12,14H,2,13,15-16H2,1H3,(H,28,31)(H,30,32)/b29-14-. The van der Waals surface area contributed by atoms with Gasteiger partial charge in [0, 0.05) is 6.54 Å². The summed E-state index contributed by atoms with van der Waals surface area (Å²) >= 11 is 6.43. The normalized spacial score (nSPS) is 11.8. The summed E-state index contributed by atoms with van der Waals surface area (Å²) in [5.74, 6) is 0.341. The van der Waals surface area contributed by atoms with Crippen LogP contribution in [0.2, 0.25) is 5.02 Å². The van der Waals surface area contributed by atoms with Gasteiger partial charge in [0.05, 0.1) is 17.8 Å². The second-order valence-corrected chi connectivity index (χ2v) is 8.01. The van der Waals surface area contributed by atoms with E-state index in [1.807, 2.05) is 37.3 Å². The van der Waals surface area contributed by atoms with E-state index in [4.69, 9.17) is 30.5 Å². The molecule has 9 nitrogen and oxygen atoms in total. The molecule has 186 valence electrons. The molecule has 0 saturated heterocycles. The number of amides is 2. The maximum absolute atomic E-state index is 12.1. The van der Waals surface area contributed by atoms with E-state index < -0.39 is 11.8 Å². The molecule has 0 saturated carbocycles. The van der Waals surface area contributed by atoms with Gasteiger partial charge in [-0.1, -0.05) is 48.0 Å². The van der Waals surface area contributed by atoms with E-state index in [-0.39, 0.29) is 13.3 Å². The number of ether oxygens (including phenoxy) is 4. The lowest BCUT2D eigenvalue weighted by atomic mass is 10.2. The Balaban J connectivity index is 1.33. The molecule has 1 heterocycles. The number of carbonyl (C=O) groups excluding carboxylic acids is 2. The van der Waals surface area contributed by atoms with Gasteiger partial charge in [0.25, 0.3) is 0 Å². The average molecular weight is 510 g/mol. The van der Waals surface area contributed by atoms with Crippen LogP contribution in [0.5, 0.6) is 23.0 Å². The lowest BCUT2D eigenvalue weighted by Gasteiger charge is -2.14. The van der Waals surface area contributed by atoms with E-state index in [2.05, 4.69) is 15.8 Å². The fraction of sp³-hybridized carbons (Fsp3) is 0.192. The van der Waals surface area contributed by atoms with E-state index >= 15 is 0 Å². The number of nitrogens with one attached hydrogen (secondary N) is 2. The van der Waals surface area contributed by atoms with Crippen molar-refractivity contribution >= 4 is 29.6 Å². The molecule has 1 aliphatic rings. The molecule has 3 aromatic rings. The monoisotopic (exact) mass is 509 g/mol. The zero-order valence-electron chi connectivity index (χ0n) is 19.5. The SMILES string of the molecule is CCOc1cc(/C=N\NC(=O)C(=O)NCc2ccc3c(c2)OCO3)cc(Cl)c1OCc1ccccc1. The topological polar surface area (TPSA) is 107 Å². The van der Waals surface area contributed by atoms with Crippen molar-refractivity contribution in [2.24, 2.45) is 5.10 Å². The van der Waals surface area contributed by atoms with Crippen molar-refractivity contribution in [3.05, 3.63) is 82.4 Å². The minimum absolute atomic E-state index is 0.143. The van der Waals surface area contributed by atoms with Gasteiger partial charge in [-0.15, -0.1) is 0 Å². The van der Waals surface area contributed by atoms with Gasteiger partial charge in [0.15, 0.2) is 23.0 Å². The van der Waals surface area contributed by atoms with E-state index in [1.165, 1.54) is 6.21 Å². The molecular weight excluding hydrogens is 486 g/mol. The molecule has 2 N–H and O–H groups in total. The Kier molecular flexibility index (Phi) is 8.25.